The average Bonchev–Trinajstić information content (AvgIpc) is 2.72. The number of carbonyl (C=O) groups is 2. The van der Waals surface area contributed by atoms with E-state index < -0.39 is 5.97 Å². The molecule has 1 rings (SSSR count). The smallest absolute Gasteiger partial charge is 0.325 e. The van der Waals surface area contributed by atoms with Gasteiger partial charge in [0.2, 0.25) is 0 Å². The van der Waals surface area contributed by atoms with Gasteiger partial charge in [-0.2, -0.15) is 5.10 Å². The number of nitrogens with zero attached hydrogens (tertiary/aromatic N) is 2. The van der Waals surface area contributed by atoms with Crippen molar-refractivity contribution < 1.29 is 14.7 Å². The van der Waals surface area contributed by atoms with Gasteiger partial charge in [-0.05, 0) is 11.8 Å². The Morgan fingerprint density at radius 1 is 1.42 bits per heavy atom. The molecular formula is C12H20N4O3. The third kappa shape index (κ3) is 5.41. The molecule has 3 N–H and O–H groups in total. The maximum atomic E-state index is 11.6. The van der Waals surface area contributed by atoms with Gasteiger partial charge in [-0.25, -0.2) is 4.79 Å². The fourth-order valence-electron chi connectivity index (χ4n) is 1.32. The van der Waals surface area contributed by atoms with E-state index >= 15 is 0 Å². The molecule has 7 heteroatoms. The molecule has 0 aromatic carbocycles. The minimum atomic E-state index is -0.982. The third-order valence-corrected chi connectivity index (χ3v) is 2.91. The molecule has 106 valence electrons. The topological polar surface area (TPSA) is 96.3 Å². The zero-order valence-electron chi connectivity index (χ0n) is 11.4. The van der Waals surface area contributed by atoms with E-state index in [4.69, 9.17) is 5.11 Å². The lowest BCUT2D eigenvalue weighted by Gasteiger charge is -2.15. The Balaban J connectivity index is 2.40. The predicted octanol–water partition coefficient (Wildman–Crippen LogP) is 1.38. The van der Waals surface area contributed by atoms with Gasteiger partial charge in [0.15, 0.2) is 0 Å². The van der Waals surface area contributed by atoms with Crippen LogP contribution in [0.2, 0.25) is 0 Å². The largest absolute Gasteiger partial charge is 0.480 e. The fraction of sp³-hybridized carbons (Fsp3) is 0.583. The summed E-state index contributed by atoms with van der Waals surface area (Å²) >= 11 is 0. The summed E-state index contributed by atoms with van der Waals surface area (Å²) in [5, 5.41) is 17.8. The third-order valence-electron chi connectivity index (χ3n) is 2.91. The molecule has 0 radical (unpaired) electrons. The van der Waals surface area contributed by atoms with Crippen LogP contribution in [0, 0.1) is 11.8 Å². The van der Waals surface area contributed by atoms with E-state index in [1.165, 1.54) is 17.1 Å². The van der Waals surface area contributed by atoms with Crippen LogP contribution < -0.4 is 10.6 Å². The standard InChI is InChI=1S/C12H20N4O3/c1-8(2)9(3)4-13-12(19)15-10-5-14-16(6-10)7-11(17)18/h5-6,8-9H,4,7H2,1-3H3,(H,17,18)(H2,13,15,19). The molecule has 7 nitrogen and oxygen atoms in total. The monoisotopic (exact) mass is 268 g/mol. The summed E-state index contributed by atoms with van der Waals surface area (Å²) in [6, 6.07) is -0.317. The summed E-state index contributed by atoms with van der Waals surface area (Å²) < 4.78 is 1.24. The molecule has 0 saturated carbocycles. The van der Waals surface area contributed by atoms with E-state index in [0.29, 0.717) is 24.1 Å². The normalized spacial score (nSPS) is 12.2. The van der Waals surface area contributed by atoms with Crippen LogP contribution in [0.3, 0.4) is 0 Å². The Labute approximate surface area is 112 Å². The number of carboxylic acid groups (broad SMARTS) is 1. The number of nitrogens with one attached hydrogen (secondary N) is 2. The van der Waals surface area contributed by atoms with Crippen molar-refractivity contribution >= 4 is 17.7 Å². The highest BCUT2D eigenvalue weighted by Crippen LogP contribution is 2.08. The van der Waals surface area contributed by atoms with E-state index in [1.54, 1.807) is 0 Å². The summed E-state index contributed by atoms with van der Waals surface area (Å²) in [5.74, 6) is -0.0936. The first kappa shape index (κ1) is 15.0. The molecule has 1 heterocycles. The van der Waals surface area contributed by atoms with Gasteiger partial charge in [-0.3, -0.25) is 9.48 Å². The van der Waals surface area contributed by atoms with Crippen LogP contribution in [-0.4, -0.2) is 33.4 Å². The molecular weight excluding hydrogens is 248 g/mol. The van der Waals surface area contributed by atoms with Crippen molar-refractivity contribution in [3.8, 4) is 0 Å². The molecule has 2 amide bonds. The predicted molar refractivity (Wildman–Crippen MR) is 70.9 cm³/mol. The van der Waals surface area contributed by atoms with Crippen molar-refractivity contribution in [1.82, 2.24) is 15.1 Å². The highest BCUT2D eigenvalue weighted by atomic mass is 16.4. The Morgan fingerprint density at radius 2 is 2.11 bits per heavy atom. The first-order chi connectivity index (χ1) is 8.88. The average molecular weight is 268 g/mol. The van der Waals surface area contributed by atoms with Crippen molar-refractivity contribution in [3.05, 3.63) is 12.4 Å². The molecule has 0 aliphatic rings. The number of aliphatic carboxylic acids is 1. The molecule has 1 aromatic rings. The molecule has 0 bridgehead atoms. The van der Waals surface area contributed by atoms with E-state index in [9.17, 15) is 9.59 Å². The molecule has 0 aliphatic carbocycles. The van der Waals surface area contributed by atoms with Gasteiger partial charge in [0.25, 0.3) is 0 Å². The molecule has 1 atom stereocenters. The number of carboxylic acids is 1. The van der Waals surface area contributed by atoms with Crippen molar-refractivity contribution in [1.29, 1.82) is 0 Å². The second-order valence-electron chi connectivity index (χ2n) is 4.88. The van der Waals surface area contributed by atoms with E-state index in [0.717, 1.165) is 0 Å². The van der Waals surface area contributed by atoms with Crippen LogP contribution in [0.4, 0.5) is 10.5 Å². The fourth-order valence-corrected chi connectivity index (χ4v) is 1.32. The Kier molecular flexibility index (Phi) is 5.35. The first-order valence-corrected chi connectivity index (χ1v) is 6.17. The summed E-state index contributed by atoms with van der Waals surface area (Å²) in [5.41, 5.74) is 0.468. The maximum Gasteiger partial charge on any atom is 0.325 e. The van der Waals surface area contributed by atoms with Crippen LogP contribution in [0.15, 0.2) is 12.4 Å². The molecule has 1 unspecified atom stereocenters. The molecule has 0 spiro atoms. The highest BCUT2D eigenvalue weighted by molar-refractivity contribution is 5.88. The number of urea groups is 1. The van der Waals surface area contributed by atoms with Gasteiger partial charge in [0.1, 0.15) is 6.54 Å². The Morgan fingerprint density at radius 3 is 2.68 bits per heavy atom. The van der Waals surface area contributed by atoms with Gasteiger partial charge >= 0.3 is 12.0 Å². The van der Waals surface area contributed by atoms with Crippen LogP contribution in [0.5, 0.6) is 0 Å². The summed E-state index contributed by atoms with van der Waals surface area (Å²) in [6.07, 6.45) is 2.88. The van der Waals surface area contributed by atoms with Crippen molar-refractivity contribution in [2.75, 3.05) is 11.9 Å². The van der Waals surface area contributed by atoms with Gasteiger partial charge in [0, 0.05) is 12.7 Å². The van der Waals surface area contributed by atoms with Gasteiger partial charge in [-0.1, -0.05) is 20.8 Å². The SMILES string of the molecule is CC(C)C(C)CNC(=O)Nc1cnn(CC(=O)O)c1. The second-order valence-corrected chi connectivity index (χ2v) is 4.88. The number of carbonyl (C=O) groups excluding carboxylic acids is 1. The molecule has 0 fully saturated rings. The van der Waals surface area contributed by atoms with Crippen molar-refractivity contribution in [3.63, 3.8) is 0 Å². The summed E-state index contributed by atoms with van der Waals surface area (Å²) in [7, 11) is 0. The van der Waals surface area contributed by atoms with Crippen LogP contribution in [0.25, 0.3) is 0 Å². The van der Waals surface area contributed by atoms with Crippen LogP contribution >= 0.6 is 0 Å². The second kappa shape index (κ2) is 6.77. The Bertz CT molecular complexity index is 442. The lowest BCUT2D eigenvalue weighted by Crippen LogP contribution is -2.33. The lowest BCUT2D eigenvalue weighted by molar-refractivity contribution is -0.137. The number of rotatable bonds is 6. The zero-order valence-corrected chi connectivity index (χ0v) is 11.4. The Hall–Kier alpha value is -2.05. The minimum absolute atomic E-state index is 0.228. The van der Waals surface area contributed by atoms with E-state index in [2.05, 4.69) is 36.5 Å². The van der Waals surface area contributed by atoms with E-state index in [1.807, 2.05) is 0 Å². The number of aromatic nitrogens is 2. The van der Waals surface area contributed by atoms with Gasteiger partial charge in [0.05, 0.1) is 11.9 Å². The zero-order chi connectivity index (χ0) is 14.4. The molecule has 0 aliphatic heterocycles. The molecule has 19 heavy (non-hydrogen) atoms. The lowest BCUT2D eigenvalue weighted by atomic mass is 9.98. The van der Waals surface area contributed by atoms with Gasteiger partial charge < -0.3 is 15.7 Å². The van der Waals surface area contributed by atoms with E-state index in [-0.39, 0.29) is 12.6 Å². The first-order valence-electron chi connectivity index (χ1n) is 6.17. The maximum absolute atomic E-state index is 11.6. The summed E-state index contributed by atoms with van der Waals surface area (Å²) in [6.45, 7) is 6.62. The van der Waals surface area contributed by atoms with Crippen LogP contribution in [-0.2, 0) is 11.3 Å². The van der Waals surface area contributed by atoms with Gasteiger partial charge in [-0.15, -0.1) is 0 Å². The van der Waals surface area contributed by atoms with Crippen molar-refractivity contribution in [2.45, 2.75) is 27.3 Å². The highest BCUT2D eigenvalue weighted by Gasteiger charge is 2.10. The number of anilines is 1. The molecule has 1 aromatic heterocycles. The number of hydrogen-bond donors (Lipinski definition) is 3. The quantitative estimate of drug-likeness (QED) is 0.726. The number of hydrogen-bond acceptors (Lipinski definition) is 3. The number of amides is 2. The van der Waals surface area contributed by atoms with Crippen molar-refractivity contribution in [2.24, 2.45) is 11.8 Å². The molecule has 0 saturated heterocycles. The summed E-state index contributed by atoms with van der Waals surface area (Å²) in [4.78, 5) is 22.1. The van der Waals surface area contributed by atoms with Crippen LogP contribution in [0.1, 0.15) is 20.8 Å². The minimum Gasteiger partial charge on any atom is -0.480 e.